The van der Waals surface area contributed by atoms with Crippen LogP contribution in [0.25, 0.3) is 10.9 Å². The molecule has 2 aromatic carbocycles. The van der Waals surface area contributed by atoms with E-state index in [4.69, 9.17) is 16.3 Å². The smallest absolute Gasteiger partial charge is 0.322 e. The topological polar surface area (TPSA) is 90.8 Å². The number of anilines is 2. The minimum absolute atomic E-state index is 0.000141. The number of rotatable bonds is 9. The number of methoxy groups -OCH3 is 1. The largest absolute Gasteiger partial charge is 0.496 e. The lowest BCUT2D eigenvalue weighted by molar-refractivity contribution is -0.143. The Morgan fingerprint density at radius 3 is 2.72 bits per heavy atom. The van der Waals surface area contributed by atoms with Crippen molar-refractivity contribution in [1.82, 2.24) is 19.8 Å². The number of nitrogens with one attached hydrogen (secondary N) is 1. The van der Waals surface area contributed by atoms with Crippen LogP contribution >= 0.6 is 11.6 Å². The second-order valence-electron chi connectivity index (χ2n) is 7.67. The van der Waals surface area contributed by atoms with Crippen molar-refractivity contribution in [1.29, 1.82) is 0 Å². The molecule has 32 heavy (non-hydrogen) atoms. The number of carbonyl (C=O) groups is 1. The third-order valence-electron chi connectivity index (χ3n) is 4.96. The maximum absolute atomic E-state index is 14.2. The molecule has 170 valence electrons. The summed E-state index contributed by atoms with van der Waals surface area (Å²) in [7, 11) is 6.97. The van der Waals surface area contributed by atoms with Gasteiger partial charge in [0.25, 0.3) is 0 Å². The van der Waals surface area contributed by atoms with Crippen LogP contribution in [0.1, 0.15) is 5.56 Å². The summed E-state index contributed by atoms with van der Waals surface area (Å²) in [6.07, 6.45) is 1.62. The van der Waals surface area contributed by atoms with Crippen molar-refractivity contribution in [2.24, 2.45) is 0 Å². The summed E-state index contributed by atoms with van der Waals surface area (Å²) in [4.78, 5) is 24.0. The van der Waals surface area contributed by atoms with E-state index in [1.807, 2.05) is 25.1 Å². The number of nitrogens with zero attached hydrogens (tertiary/aromatic N) is 4. The molecule has 0 aliphatic heterocycles. The highest BCUT2D eigenvalue weighted by molar-refractivity contribution is 6.31. The van der Waals surface area contributed by atoms with Gasteiger partial charge in [-0.05, 0) is 39.3 Å². The van der Waals surface area contributed by atoms with E-state index >= 15 is 0 Å². The van der Waals surface area contributed by atoms with E-state index < -0.39 is 17.8 Å². The molecule has 0 aliphatic rings. The van der Waals surface area contributed by atoms with E-state index in [9.17, 15) is 14.3 Å². The van der Waals surface area contributed by atoms with Gasteiger partial charge in [0.15, 0.2) is 5.82 Å². The Kier molecular flexibility index (Phi) is 7.44. The molecule has 0 saturated heterocycles. The van der Waals surface area contributed by atoms with Gasteiger partial charge in [0.2, 0.25) is 5.95 Å². The van der Waals surface area contributed by atoms with Crippen LogP contribution < -0.4 is 10.1 Å². The molecule has 2 N–H and O–H groups in total. The first-order valence-corrected chi connectivity index (χ1v) is 10.2. The van der Waals surface area contributed by atoms with E-state index in [-0.39, 0.29) is 16.7 Å². The summed E-state index contributed by atoms with van der Waals surface area (Å²) in [5.41, 5.74) is 1.57. The fourth-order valence-corrected chi connectivity index (χ4v) is 3.51. The van der Waals surface area contributed by atoms with Gasteiger partial charge in [0, 0.05) is 36.3 Å². The van der Waals surface area contributed by atoms with Gasteiger partial charge in [-0.2, -0.15) is 0 Å². The van der Waals surface area contributed by atoms with Crippen LogP contribution in [-0.4, -0.2) is 71.7 Å². The van der Waals surface area contributed by atoms with Crippen LogP contribution in [0.15, 0.2) is 36.5 Å². The third-order valence-corrected chi connectivity index (χ3v) is 5.25. The third kappa shape index (κ3) is 5.42. The van der Waals surface area contributed by atoms with Gasteiger partial charge < -0.3 is 20.1 Å². The van der Waals surface area contributed by atoms with Crippen molar-refractivity contribution in [3.05, 3.63) is 52.9 Å². The Hall–Kier alpha value is -3.01. The quantitative estimate of drug-likeness (QED) is 0.499. The predicted octanol–water partition coefficient (Wildman–Crippen LogP) is 3.62. The number of carboxylic acids is 1. The zero-order chi connectivity index (χ0) is 23.4. The Morgan fingerprint density at radius 1 is 1.31 bits per heavy atom. The van der Waals surface area contributed by atoms with Gasteiger partial charge in [-0.3, -0.25) is 9.69 Å². The molecule has 0 amide bonds. The molecule has 0 spiro atoms. The lowest BCUT2D eigenvalue weighted by Crippen LogP contribution is -2.44. The Labute approximate surface area is 190 Å². The predicted molar refractivity (Wildman–Crippen MR) is 122 cm³/mol. The van der Waals surface area contributed by atoms with E-state index in [2.05, 4.69) is 15.3 Å². The number of hydrogen-bond donors (Lipinski definition) is 2. The number of aliphatic carboxylic acids is 1. The summed E-state index contributed by atoms with van der Waals surface area (Å²) in [6, 6.07) is 7.56. The van der Waals surface area contributed by atoms with Gasteiger partial charge in [-0.25, -0.2) is 14.4 Å². The first kappa shape index (κ1) is 23.6. The number of likely N-dealkylation sites (N-methyl/N-ethyl adjacent to an activating group) is 2. The number of hydrogen-bond acceptors (Lipinski definition) is 7. The molecule has 1 aromatic heterocycles. The molecule has 3 rings (SSSR count). The molecule has 0 bridgehead atoms. The summed E-state index contributed by atoms with van der Waals surface area (Å²) in [5, 5.41) is 13.2. The monoisotopic (exact) mass is 461 g/mol. The zero-order valence-electron chi connectivity index (χ0n) is 18.3. The molecule has 8 nitrogen and oxygen atoms in total. The highest BCUT2D eigenvalue weighted by Gasteiger charge is 2.24. The van der Waals surface area contributed by atoms with Crippen LogP contribution in [0.5, 0.6) is 5.75 Å². The molecule has 1 atom stereocenters. The molecule has 1 heterocycles. The van der Waals surface area contributed by atoms with Crippen LogP contribution in [0.3, 0.4) is 0 Å². The molecule has 0 saturated carbocycles. The summed E-state index contributed by atoms with van der Waals surface area (Å²) < 4.78 is 19.7. The first-order valence-electron chi connectivity index (χ1n) is 9.82. The normalized spacial score (nSPS) is 12.4. The van der Waals surface area contributed by atoms with Gasteiger partial charge >= 0.3 is 5.97 Å². The average Bonchev–Trinajstić information content (AvgIpc) is 2.74. The second kappa shape index (κ2) is 10.1. The van der Waals surface area contributed by atoms with E-state index in [0.29, 0.717) is 24.4 Å². The molecule has 0 radical (unpaired) electrons. The number of aromatic nitrogens is 2. The number of fused-ring (bicyclic) bond motifs is 1. The Morgan fingerprint density at radius 2 is 2.06 bits per heavy atom. The van der Waals surface area contributed by atoms with Gasteiger partial charge in [-0.15, -0.1) is 0 Å². The number of benzene rings is 2. The SMILES string of the molecule is COc1cc2nc(Nc3cccc(Cl)c3F)ncc2cc1CN(C)[C@@H](CN(C)C)C(=O)O. The Balaban J connectivity index is 1.89. The van der Waals surface area contributed by atoms with Gasteiger partial charge in [-0.1, -0.05) is 17.7 Å². The van der Waals surface area contributed by atoms with Crippen LogP contribution in [0.2, 0.25) is 5.02 Å². The molecule has 3 aromatic rings. The summed E-state index contributed by atoms with van der Waals surface area (Å²) in [6.45, 7) is 0.734. The minimum Gasteiger partial charge on any atom is -0.496 e. The van der Waals surface area contributed by atoms with Crippen LogP contribution in [-0.2, 0) is 11.3 Å². The van der Waals surface area contributed by atoms with Crippen LogP contribution in [0.4, 0.5) is 16.0 Å². The number of ether oxygens (including phenoxy) is 1. The van der Waals surface area contributed by atoms with Gasteiger partial charge in [0.1, 0.15) is 11.8 Å². The van der Waals surface area contributed by atoms with E-state index in [1.54, 1.807) is 43.5 Å². The molecular weight excluding hydrogens is 437 g/mol. The first-order chi connectivity index (χ1) is 15.2. The Bertz CT molecular complexity index is 1130. The van der Waals surface area contributed by atoms with Crippen molar-refractivity contribution in [3.63, 3.8) is 0 Å². The lowest BCUT2D eigenvalue weighted by atomic mass is 10.1. The highest BCUT2D eigenvalue weighted by Crippen LogP contribution is 2.28. The highest BCUT2D eigenvalue weighted by atomic mass is 35.5. The second-order valence-corrected chi connectivity index (χ2v) is 8.08. The van der Waals surface area contributed by atoms with Crippen molar-refractivity contribution in [2.75, 3.05) is 40.1 Å². The fraction of sp³-hybridized carbons (Fsp3) is 0.318. The van der Waals surface area contributed by atoms with Crippen molar-refractivity contribution in [3.8, 4) is 5.75 Å². The standard InChI is InChI=1S/C22H25ClFN5O3/c1-28(2)12-18(21(30)31)29(3)11-14-8-13-10-25-22(27-17(13)9-19(14)32-4)26-16-7-5-6-15(23)20(16)24/h5-10,18H,11-12H2,1-4H3,(H,30,31)(H,25,26,27)/t18-/m0/s1. The van der Waals surface area contributed by atoms with Gasteiger partial charge in [0.05, 0.1) is 23.3 Å². The van der Waals surface area contributed by atoms with Crippen molar-refractivity contribution in [2.45, 2.75) is 12.6 Å². The summed E-state index contributed by atoms with van der Waals surface area (Å²) in [5.74, 6) is -0.702. The number of carboxylic acid groups (broad SMARTS) is 1. The van der Waals surface area contributed by atoms with Crippen LogP contribution in [0, 0.1) is 5.82 Å². The van der Waals surface area contributed by atoms with Crippen molar-refractivity contribution >= 4 is 40.1 Å². The van der Waals surface area contributed by atoms with E-state index in [0.717, 1.165) is 10.9 Å². The lowest BCUT2D eigenvalue weighted by Gasteiger charge is -2.27. The summed E-state index contributed by atoms with van der Waals surface area (Å²) >= 11 is 5.83. The molecular formula is C22H25ClFN5O3. The molecule has 0 aliphatic carbocycles. The average molecular weight is 462 g/mol. The maximum Gasteiger partial charge on any atom is 0.322 e. The zero-order valence-corrected chi connectivity index (χ0v) is 19.0. The maximum atomic E-state index is 14.2. The molecule has 10 heteroatoms. The molecule has 0 fully saturated rings. The number of halogens is 2. The van der Waals surface area contributed by atoms with E-state index in [1.165, 1.54) is 6.07 Å². The fourth-order valence-electron chi connectivity index (χ4n) is 3.33. The minimum atomic E-state index is -0.895. The van der Waals surface area contributed by atoms with Crippen molar-refractivity contribution < 1.29 is 19.0 Å². The molecule has 0 unspecified atom stereocenters.